The van der Waals surface area contributed by atoms with Gasteiger partial charge in [0.05, 0.1) is 11.4 Å². The summed E-state index contributed by atoms with van der Waals surface area (Å²) in [5.41, 5.74) is 8.81. The number of carbonyl (C=O) groups is 2. The molecule has 170 valence electrons. The minimum Gasteiger partial charge on any atom is -0.382 e. The van der Waals surface area contributed by atoms with Crippen LogP contribution in [0.1, 0.15) is 41.9 Å². The molecule has 0 atom stereocenters. The molecule has 1 heterocycles. The first-order valence-corrected chi connectivity index (χ1v) is 10.7. The van der Waals surface area contributed by atoms with Gasteiger partial charge < -0.3 is 21.7 Å². The summed E-state index contributed by atoms with van der Waals surface area (Å²) >= 11 is 0. The fourth-order valence-corrected chi connectivity index (χ4v) is 3.27. The molecule has 0 unspecified atom stereocenters. The molecular weight excluding hydrogens is 418 g/mol. The highest BCUT2D eigenvalue weighted by atomic mass is 16.2. The minimum absolute atomic E-state index is 0.00692. The second-order valence-corrected chi connectivity index (χ2v) is 7.76. The van der Waals surface area contributed by atoms with Crippen molar-refractivity contribution in [1.29, 1.82) is 5.26 Å². The van der Waals surface area contributed by atoms with Crippen molar-refractivity contribution >= 4 is 23.4 Å². The minimum atomic E-state index is -0.329. The van der Waals surface area contributed by atoms with Crippen LogP contribution >= 0.6 is 0 Å². The van der Waals surface area contributed by atoms with Gasteiger partial charge in [0.1, 0.15) is 17.5 Å². The molecule has 0 aliphatic heterocycles. The van der Waals surface area contributed by atoms with Crippen LogP contribution < -0.4 is 21.7 Å². The number of nitriles is 1. The molecule has 2 aromatic carbocycles. The third-order valence-corrected chi connectivity index (χ3v) is 4.78. The summed E-state index contributed by atoms with van der Waals surface area (Å²) < 4.78 is 1.56. The lowest BCUT2D eigenvalue weighted by molar-refractivity contribution is 0.0953. The number of carbonyl (C=O) groups excluding carboxylic acids is 2. The zero-order valence-electron chi connectivity index (χ0n) is 18.6. The third kappa shape index (κ3) is 6.11. The molecule has 33 heavy (non-hydrogen) atoms. The molecule has 5 N–H and O–H groups in total. The van der Waals surface area contributed by atoms with E-state index in [1.165, 1.54) is 0 Å². The topological polar surface area (TPSA) is 138 Å². The summed E-state index contributed by atoms with van der Waals surface area (Å²) in [6.45, 7) is 4.13. The predicted octanol–water partition coefficient (Wildman–Crippen LogP) is 3.22. The highest BCUT2D eigenvalue weighted by molar-refractivity contribution is 5.96. The molecule has 0 aliphatic carbocycles. The number of aryl methyl sites for hydroxylation is 1. The quantitative estimate of drug-likeness (QED) is 0.395. The van der Waals surface area contributed by atoms with Crippen LogP contribution in [-0.2, 0) is 6.42 Å². The Morgan fingerprint density at radius 1 is 1.15 bits per heavy atom. The van der Waals surface area contributed by atoms with E-state index < -0.39 is 0 Å². The van der Waals surface area contributed by atoms with Gasteiger partial charge in [-0.2, -0.15) is 10.4 Å². The molecule has 9 nitrogen and oxygen atoms in total. The van der Waals surface area contributed by atoms with Gasteiger partial charge in [0.25, 0.3) is 5.91 Å². The van der Waals surface area contributed by atoms with E-state index in [1.807, 2.05) is 44.2 Å². The smallest absolute Gasteiger partial charge is 0.319 e. The number of aromatic nitrogens is 2. The van der Waals surface area contributed by atoms with Gasteiger partial charge in [-0.3, -0.25) is 4.79 Å². The fourth-order valence-electron chi connectivity index (χ4n) is 3.27. The second-order valence-electron chi connectivity index (χ2n) is 7.76. The normalized spacial score (nSPS) is 10.5. The van der Waals surface area contributed by atoms with Crippen LogP contribution in [-0.4, -0.2) is 34.3 Å². The van der Waals surface area contributed by atoms with Gasteiger partial charge in [-0.05, 0) is 57.0 Å². The molecule has 3 amide bonds. The van der Waals surface area contributed by atoms with E-state index >= 15 is 0 Å². The van der Waals surface area contributed by atoms with E-state index in [-0.39, 0.29) is 18.0 Å². The molecular formula is C24H27N7O2. The van der Waals surface area contributed by atoms with Crippen LogP contribution in [0, 0.1) is 11.3 Å². The van der Waals surface area contributed by atoms with E-state index in [0.717, 1.165) is 5.69 Å². The molecule has 9 heteroatoms. The van der Waals surface area contributed by atoms with Crippen molar-refractivity contribution in [1.82, 2.24) is 20.4 Å². The monoisotopic (exact) mass is 445 g/mol. The lowest BCUT2D eigenvalue weighted by Crippen LogP contribution is -2.34. The molecule has 0 aliphatic rings. The second kappa shape index (κ2) is 10.8. The van der Waals surface area contributed by atoms with Crippen molar-refractivity contribution in [3.8, 4) is 11.8 Å². The molecule has 3 aromatic rings. The van der Waals surface area contributed by atoms with Crippen LogP contribution in [0.3, 0.4) is 0 Å². The van der Waals surface area contributed by atoms with Gasteiger partial charge >= 0.3 is 6.03 Å². The number of hydrogen-bond acceptors (Lipinski definition) is 5. The molecule has 0 saturated heterocycles. The van der Waals surface area contributed by atoms with Crippen LogP contribution in [0.5, 0.6) is 0 Å². The Morgan fingerprint density at radius 3 is 2.61 bits per heavy atom. The van der Waals surface area contributed by atoms with Gasteiger partial charge in [-0.15, -0.1) is 0 Å². The Balaban J connectivity index is 1.56. The lowest BCUT2D eigenvalue weighted by atomic mass is 10.1. The Bertz CT molecular complexity index is 1160. The first kappa shape index (κ1) is 23.3. The number of anilines is 2. The van der Waals surface area contributed by atoms with E-state index in [4.69, 9.17) is 5.73 Å². The SMILES string of the molecule is CC(C)NC(=O)Nc1cccc(C(=O)NCCCc2nn(-c3ccccc3)c(N)c2C#N)c1. The summed E-state index contributed by atoms with van der Waals surface area (Å²) in [5.74, 6) is 0.0475. The summed E-state index contributed by atoms with van der Waals surface area (Å²) in [4.78, 5) is 24.4. The van der Waals surface area contributed by atoms with Crippen molar-refractivity contribution in [3.63, 3.8) is 0 Å². The van der Waals surface area contributed by atoms with Gasteiger partial charge in [-0.1, -0.05) is 24.3 Å². The number of nitrogens with one attached hydrogen (secondary N) is 3. The average Bonchev–Trinajstić information content (AvgIpc) is 3.11. The summed E-state index contributed by atoms with van der Waals surface area (Å²) in [5, 5.41) is 22.3. The van der Waals surface area contributed by atoms with E-state index in [2.05, 4.69) is 27.1 Å². The largest absolute Gasteiger partial charge is 0.382 e. The number of hydrogen-bond donors (Lipinski definition) is 4. The summed E-state index contributed by atoms with van der Waals surface area (Å²) in [6.07, 6.45) is 1.07. The first-order valence-electron chi connectivity index (χ1n) is 10.7. The maximum atomic E-state index is 12.5. The number of benzene rings is 2. The van der Waals surface area contributed by atoms with Crippen molar-refractivity contribution in [2.24, 2.45) is 0 Å². The Morgan fingerprint density at radius 2 is 1.91 bits per heavy atom. The molecule has 0 fully saturated rings. The Labute approximate surface area is 192 Å². The fraction of sp³-hybridized carbons (Fsp3) is 0.250. The van der Waals surface area contributed by atoms with E-state index in [9.17, 15) is 14.9 Å². The number of para-hydroxylation sites is 1. The highest BCUT2D eigenvalue weighted by Gasteiger charge is 2.16. The van der Waals surface area contributed by atoms with Crippen molar-refractivity contribution in [2.45, 2.75) is 32.7 Å². The van der Waals surface area contributed by atoms with Gasteiger partial charge in [-0.25, -0.2) is 9.48 Å². The van der Waals surface area contributed by atoms with Crippen molar-refractivity contribution in [2.75, 3.05) is 17.6 Å². The number of nitrogens with zero attached hydrogens (tertiary/aromatic N) is 3. The average molecular weight is 446 g/mol. The number of nitrogen functional groups attached to an aromatic ring is 1. The molecule has 1 aromatic heterocycles. The Hall–Kier alpha value is -4.32. The molecule has 0 saturated carbocycles. The van der Waals surface area contributed by atoms with E-state index in [0.29, 0.717) is 47.7 Å². The van der Waals surface area contributed by atoms with Crippen LogP contribution in [0.2, 0.25) is 0 Å². The maximum Gasteiger partial charge on any atom is 0.319 e. The van der Waals surface area contributed by atoms with Gasteiger partial charge in [0.15, 0.2) is 0 Å². The molecule has 0 radical (unpaired) electrons. The lowest BCUT2D eigenvalue weighted by Gasteiger charge is -2.11. The predicted molar refractivity (Wildman–Crippen MR) is 127 cm³/mol. The molecule has 0 bridgehead atoms. The van der Waals surface area contributed by atoms with Crippen molar-refractivity contribution in [3.05, 3.63) is 71.4 Å². The summed E-state index contributed by atoms with van der Waals surface area (Å²) in [7, 11) is 0. The van der Waals surface area contributed by atoms with E-state index in [1.54, 1.807) is 28.9 Å². The molecule has 3 rings (SSSR count). The van der Waals surface area contributed by atoms with Crippen molar-refractivity contribution < 1.29 is 9.59 Å². The highest BCUT2D eigenvalue weighted by Crippen LogP contribution is 2.21. The van der Waals surface area contributed by atoms with Crippen LogP contribution in [0.15, 0.2) is 54.6 Å². The van der Waals surface area contributed by atoms with Gasteiger partial charge in [0.2, 0.25) is 0 Å². The Kier molecular flexibility index (Phi) is 7.65. The molecule has 0 spiro atoms. The van der Waals surface area contributed by atoms with Gasteiger partial charge in [0, 0.05) is 23.8 Å². The number of amides is 3. The maximum absolute atomic E-state index is 12.5. The number of nitrogens with two attached hydrogens (primary N) is 1. The van der Waals surface area contributed by atoms with Crippen LogP contribution in [0.25, 0.3) is 5.69 Å². The standard InChI is InChI=1S/C24H27N7O2/c1-16(2)28-24(33)29-18-9-6-8-17(14-18)23(32)27-13-7-12-21-20(15-25)22(26)31(30-21)19-10-4-3-5-11-19/h3-6,8-11,14,16H,7,12-13,26H2,1-2H3,(H,27,32)(H2,28,29,33). The third-order valence-electron chi connectivity index (χ3n) is 4.78. The van der Waals surface area contributed by atoms with Crippen LogP contribution in [0.4, 0.5) is 16.3 Å². The number of urea groups is 1. The zero-order chi connectivity index (χ0) is 23.8. The zero-order valence-corrected chi connectivity index (χ0v) is 18.6. The first-order chi connectivity index (χ1) is 15.9. The summed E-state index contributed by atoms with van der Waals surface area (Å²) in [6, 6.07) is 17.9. The number of rotatable bonds is 8.